The second-order valence-electron chi connectivity index (χ2n) is 5.10. The lowest BCUT2D eigenvalue weighted by Crippen LogP contribution is -2.66. The number of nitrogens with zero attached hydrogens (tertiary/aromatic N) is 3. The van der Waals surface area contributed by atoms with E-state index in [1.807, 2.05) is 0 Å². The summed E-state index contributed by atoms with van der Waals surface area (Å²) in [5, 5.41) is 22.7. The third-order valence-electron chi connectivity index (χ3n) is 3.80. The van der Waals surface area contributed by atoms with Gasteiger partial charge >= 0.3 is 0 Å². The second kappa shape index (κ2) is 3.91. The molecule has 0 radical (unpaired) electrons. The fraction of sp³-hybridized carbons (Fsp3) is 0.800. The third kappa shape index (κ3) is 1.56. The lowest BCUT2D eigenvalue weighted by molar-refractivity contribution is -0.623. The molecule has 0 aromatic carbocycles. The molecule has 1 saturated heterocycles. The van der Waals surface area contributed by atoms with Crippen LogP contribution in [0.4, 0.5) is 0 Å². The number of piperidine rings is 1. The van der Waals surface area contributed by atoms with Gasteiger partial charge in [0, 0.05) is 16.3 Å². The first-order chi connectivity index (χ1) is 8.36. The van der Waals surface area contributed by atoms with Gasteiger partial charge in [0.15, 0.2) is 5.76 Å². The van der Waals surface area contributed by atoms with Crippen molar-refractivity contribution in [3.8, 4) is 0 Å². The molecule has 2 aliphatic rings. The number of hydrogen-bond donors (Lipinski definition) is 0. The standard InChI is InChI=1S/C10H15N3O5/c1-11-6-9(12(14)15)4-3-8(18-2)10(5-9,7-11)13(16)17/h3H,4-7H2,1-2H3/t9-,10-/m1/s1. The Morgan fingerprint density at radius 1 is 1.33 bits per heavy atom. The topological polar surface area (TPSA) is 98.8 Å². The Kier molecular flexibility index (Phi) is 2.77. The highest BCUT2D eigenvalue weighted by Gasteiger charge is 2.66. The molecule has 0 N–H and O–H groups in total. The van der Waals surface area contributed by atoms with Crippen molar-refractivity contribution in [2.45, 2.75) is 23.9 Å². The smallest absolute Gasteiger partial charge is 0.296 e. The van der Waals surface area contributed by atoms with Crippen LogP contribution in [0.25, 0.3) is 0 Å². The summed E-state index contributed by atoms with van der Waals surface area (Å²) in [6.45, 7) is 0.359. The Morgan fingerprint density at radius 2 is 2.00 bits per heavy atom. The maximum atomic E-state index is 11.4. The van der Waals surface area contributed by atoms with Crippen molar-refractivity contribution in [3.05, 3.63) is 32.1 Å². The van der Waals surface area contributed by atoms with Crippen molar-refractivity contribution in [2.75, 3.05) is 27.2 Å². The van der Waals surface area contributed by atoms with Gasteiger partial charge in [-0.1, -0.05) is 0 Å². The van der Waals surface area contributed by atoms with E-state index in [4.69, 9.17) is 4.74 Å². The molecule has 18 heavy (non-hydrogen) atoms. The molecule has 1 fully saturated rings. The molecule has 0 aromatic rings. The fourth-order valence-corrected chi connectivity index (χ4v) is 3.12. The molecule has 2 atom stereocenters. The highest BCUT2D eigenvalue weighted by Crippen LogP contribution is 2.43. The molecule has 0 aromatic heterocycles. The summed E-state index contributed by atoms with van der Waals surface area (Å²) >= 11 is 0. The number of nitro groups is 2. The Bertz CT molecular complexity index is 437. The van der Waals surface area contributed by atoms with E-state index in [-0.39, 0.29) is 36.6 Å². The van der Waals surface area contributed by atoms with Gasteiger partial charge in [-0.05, 0) is 13.1 Å². The van der Waals surface area contributed by atoms with Gasteiger partial charge in [-0.25, -0.2) is 0 Å². The van der Waals surface area contributed by atoms with E-state index in [0.717, 1.165) is 0 Å². The summed E-state index contributed by atoms with van der Waals surface area (Å²) in [5.41, 5.74) is -2.77. The summed E-state index contributed by atoms with van der Waals surface area (Å²) in [6, 6.07) is 0. The first-order valence-corrected chi connectivity index (χ1v) is 5.58. The van der Waals surface area contributed by atoms with Crippen LogP contribution in [-0.2, 0) is 4.74 Å². The summed E-state index contributed by atoms with van der Waals surface area (Å²) in [5.74, 6) is 0.233. The zero-order valence-electron chi connectivity index (χ0n) is 10.3. The molecule has 0 spiro atoms. The number of likely N-dealkylation sites (N-methyl/N-ethyl adjacent to an activating group) is 1. The minimum atomic E-state index is -1.49. The van der Waals surface area contributed by atoms with Gasteiger partial charge in [0.2, 0.25) is 5.54 Å². The first kappa shape index (κ1) is 12.7. The van der Waals surface area contributed by atoms with Crippen LogP contribution in [0.15, 0.2) is 11.8 Å². The minimum Gasteiger partial charge on any atom is -0.494 e. The number of ether oxygens (including phenoxy) is 1. The molecule has 0 unspecified atom stereocenters. The van der Waals surface area contributed by atoms with E-state index in [1.165, 1.54) is 13.2 Å². The van der Waals surface area contributed by atoms with Crippen LogP contribution in [0.3, 0.4) is 0 Å². The second-order valence-corrected chi connectivity index (χ2v) is 5.10. The summed E-state index contributed by atoms with van der Waals surface area (Å²) < 4.78 is 5.08. The van der Waals surface area contributed by atoms with Crippen LogP contribution >= 0.6 is 0 Å². The predicted octanol–water partition coefficient (Wildman–Crippen LogP) is 0.287. The van der Waals surface area contributed by atoms with Crippen LogP contribution in [0.1, 0.15) is 12.8 Å². The number of likely N-dealkylation sites (tertiary alicyclic amines) is 1. The van der Waals surface area contributed by atoms with Crippen LogP contribution in [0, 0.1) is 20.2 Å². The highest BCUT2D eigenvalue weighted by atomic mass is 16.6. The van der Waals surface area contributed by atoms with Crippen LogP contribution < -0.4 is 0 Å². The van der Waals surface area contributed by atoms with Crippen molar-refractivity contribution >= 4 is 0 Å². The molecule has 100 valence electrons. The third-order valence-corrected chi connectivity index (χ3v) is 3.80. The van der Waals surface area contributed by atoms with Crippen molar-refractivity contribution in [2.24, 2.45) is 0 Å². The molecule has 1 aliphatic carbocycles. The lowest BCUT2D eigenvalue weighted by atomic mass is 9.71. The zero-order chi connectivity index (χ0) is 13.6. The van der Waals surface area contributed by atoms with Crippen LogP contribution in [0.5, 0.6) is 0 Å². The number of rotatable bonds is 3. The molecular formula is C10H15N3O5. The van der Waals surface area contributed by atoms with Crippen molar-refractivity contribution in [3.63, 3.8) is 0 Å². The molecule has 8 nitrogen and oxygen atoms in total. The number of methoxy groups -OCH3 is 1. The van der Waals surface area contributed by atoms with Gasteiger partial charge in [0.1, 0.15) is 0 Å². The van der Waals surface area contributed by atoms with E-state index >= 15 is 0 Å². The van der Waals surface area contributed by atoms with E-state index in [1.54, 1.807) is 11.9 Å². The zero-order valence-corrected chi connectivity index (χ0v) is 10.3. The molecule has 1 heterocycles. The minimum absolute atomic E-state index is 0.107. The summed E-state index contributed by atoms with van der Waals surface area (Å²) in [4.78, 5) is 23.5. The summed E-state index contributed by atoms with van der Waals surface area (Å²) in [6.07, 6.45) is 1.56. The number of fused-ring (bicyclic) bond motifs is 2. The van der Waals surface area contributed by atoms with Gasteiger partial charge in [-0.3, -0.25) is 25.1 Å². The number of hydrogen-bond acceptors (Lipinski definition) is 6. The molecule has 2 rings (SSSR count). The normalized spacial score (nSPS) is 35.8. The SMILES string of the molecule is COC1=CC[C@]2([N+](=O)[O-])CN(C)C[C@]1([N+](=O)[O-])C2. The van der Waals surface area contributed by atoms with Crippen molar-refractivity contribution < 1.29 is 14.6 Å². The molecule has 0 saturated carbocycles. The Labute approximate surface area is 104 Å². The lowest BCUT2D eigenvalue weighted by Gasteiger charge is -2.44. The first-order valence-electron chi connectivity index (χ1n) is 5.58. The van der Waals surface area contributed by atoms with E-state index < -0.39 is 16.0 Å². The monoisotopic (exact) mass is 257 g/mol. The molecule has 2 bridgehead atoms. The van der Waals surface area contributed by atoms with Gasteiger partial charge in [-0.2, -0.15) is 0 Å². The highest BCUT2D eigenvalue weighted by molar-refractivity contribution is 5.22. The molecule has 1 aliphatic heterocycles. The average Bonchev–Trinajstić information content (AvgIpc) is 2.28. The van der Waals surface area contributed by atoms with Gasteiger partial charge < -0.3 is 4.74 Å². The maximum absolute atomic E-state index is 11.4. The quantitative estimate of drug-likeness (QED) is 0.532. The predicted molar refractivity (Wildman–Crippen MR) is 61.3 cm³/mol. The maximum Gasteiger partial charge on any atom is 0.296 e. The van der Waals surface area contributed by atoms with Gasteiger partial charge in [0.05, 0.1) is 26.6 Å². The average molecular weight is 257 g/mol. The van der Waals surface area contributed by atoms with Crippen molar-refractivity contribution in [1.29, 1.82) is 0 Å². The fourth-order valence-electron chi connectivity index (χ4n) is 3.12. The van der Waals surface area contributed by atoms with E-state index in [0.29, 0.717) is 0 Å². The van der Waals surface area contributed by atoms with Gasteiger partial charge in [0.25, 0.3) is 5.54 Å². The molecular weight excluding hydrogens is 242 g/mol. The largest absolute Gasteiger partial charge is 0.494 e. The van der Waals surface area contributed by atoms with E-state index in [2.05, 4.69) is 0 Å². The van der Waals surface area contributed by atoms with E-state index in [9.17, 15) is 20.2 Å². The van der Waals surface area contributed by atoms with Gasteiger partial charge in [-0.15, -0.1) is 0 Å². The summed E-state index contributed by atoms with van der Waals surface area (Å²) in [7, 11) is 3.03. The Morgan fingerprint density at radius 3 is 2.50 bits per heavy atom. The van der Waals surface area contributed by atoms with Crippen LogP contribution in [0.2, 0.25) is 0 Å². The molecule has 8 heteroatoms. The molecule has 0 amide bonds. The Hall–Kier alpha value is -1.70. The van der Waals surface area contributed by atoms with Crippen LogP contribution in [-0.4, -0.2) is 53.1 Å². The Balaban J connectivity index is 2.53. The van der Waals surface area contributed by atoms with Crippen molar-refractivity contribution in [1.82, 2.24) is 4.90 Å².